The lowest BCUT2D eigenvalue weighted by Gasteiger charge is -2.10. The molecule has 0 spiro atoms. The highest BCUT2D eigenvalue weighted by Crippen LogP contribution is 2.25. The van der Waals surface area contributed by atoms with Crippen molar-refractivity contribution in [3.63, 3.8) is 0 Å². The first-order valence-corrected chi connectivity index (χ1v) is 11.8. The van der Waals surface area contributed by atoms with Crippen LogP contribution in [0.2, 0.25) is 0 Å². The van der Waals surface area contributed by atoms with Gasteiger partial charge in [-0.05, 0) is 70.6 Å². The molecule has 0 bridgehead atoms. The summed E-state index contributed by atoms with van der Waals surface area (Å²) in [5.41, 5.74) is 0.712. The Bertz CT molecular complexity index is 1420. The Kier molecular flexibility index (Phi) is 7.86. The maximum atomic E-state index is 13.7. The van der Waals surface area contributed by atoms with E-state index in [1.807, 2.05) is 22.6 Å². The van der Waals surface area contributed by atoms with Crippen LogP contribution in [-0.2, 0) is 20.9 Å². The Balaban J connectivity index is 1.38. The zero-order valence-electron chi connectivity index (χ0n) is 19.2. The molecule has 0 saturated carbocycles. The number of nitrogens with zero attached hydrogens (tertiary/aromatic N) is 1. The molecule has 2 N–H and O–H groups in total. The predicted octanol–water partition coefficient (Wildman–Crippen LogP) is 3.92. The van der Waals surface area contributed by atoms with Crippen LogP contribution in [0.4, 0.5) is 14.9 Å². The van der Waals surface area contributed by atoms with Crippen LogP contribution < -0.4 is 15.4 Å². The van der Waals surface area contributed by atoms with Crippen molar-refractivity contribution in [2.75, 3.05) is 19.0 Å². The summed E-state index contributed by atoms with van der Waals surface area (Å²) >= 11 is 2.01. The van der Waals surface area contributed by atoms with Gasteiger partial charge in [-0.3, -0.25) is 14.5 Å². The number of ether oxygens (including phenoxy) is 2. The Morgan fingerprint density at radius 1 is 1.16 bits per heavy atom. The minimum absolute atomic E-state index is 0.0399. The highest BCUT2D eigenvalue weighted by molar-refractivity contribution is 14.1. The summed E-state index contributed by atoms with van der Waals surface area (Å²) < 4.78 is 29.8. The lowest BCUT2D eigenvalue weighted by molar-refractivity contribution is -0.123. The number of carbonyl (C=O) groups is 4. The molecule has 1 aromatic heterocycles. The van der Waals surface area contributed by atoms with Crippen molar-refractivity contribution in [3.05, 3.63) is 86.8 Å². The fourth-order valence-corrected chi connectivity index (χ4v) is 4.02. The van der Waals surface area contributed by atoms with Gasteiger partial charge < -0.3 is 24.5 Å². The van der Waals surface area contributed by atoms with Crippen LogP contribution in [0.25, 0.3) is 6.08 Å². The van der Waals surface area contributed by atoms with E-state index in [1.165, 1.54) is 43.5 Å². The molecule has 4 amide bonds. The van der Waals surface area contributed by atoms with Gasteiger partial charge in [-0.15, -0.1) is 0 Å². The average molecular weight is 619 g/mol. The number of halogens is 2. The lowest BCUT2D eigenvalue weighted by Crippen LogP contribution is -2.30. The van der Waals surface area contributed by atoms with E-state index in [4.69, 9.17) is 9.15 Å². The minimum Gasteiger partial charge on any atom is -0.483 e. The number of imide groups is 1. The summed E-state index contributed by atoms with van der Waals surface area (Å²) in [5.74, 6) is -1.71. The maximum Gasteiger partial charge on any atom is 0.373 e. The molecule has 0 atom stereocenters. The van der Waals surface area contributed by atoms with Gasteiger partial charge in [0.25, 0.3) is 11.8 Å². The van der Waals surface area contributed by atoms with Crippen molar-refractivity contribution < 1.29 is 37.5 Å². The first-order chi connectivity index (χ1) is 17.7. The second-order valence-corrected chi connectivity index (χ2v) is 8.81. The van der Waals surface area contributed by atoms with E-state index in [0.29, 0.717) is 14.9 Å². The van der Waals surface area contributed by atoms with Gasteiger partial charge in [0.2, 0.25) is 5.76 Å². The number of benzene rings is 2. The van der Waals surface area contributed by atoms with Gasteiger partial charge in [-0.2, -0.15) is 0 Å². The van der Waals surface area contributed by atoms with Gasteiger partial charge >= 0.3 is 12.0 Å². The number of para-hydroxylation sites is 1. The van der Waals surface area contributed by atoms with Crippen molar-refractivity contribution in [1.29, 1.82) is 0 Å². The highest BCUT2D eigenvalue weighted by Gasteiger charge is 2.34. The van der Waals surface area contributed by atoms with Crippen LogP contribution in [0.1, 0.15) is 21.9 Å². The van der Waals surface area contributed by atoms with Gasteiger partial charge in [-0.25, -0.2) is 14.0 Å². The summed E-state index contributed by atoms with van der Waals surface area (Å²) in [6.07, 6.45) is 1.50. The van der Waals surface area contributed by atoms with Crippen molar-refractivity contribution in [2.45, 2.75) is 6.54 Å². The SMILES string of the molecule is COC(=O)c1ccc(CN2C(=O)N/C(=C\c3ccc(OCC(=O)Nc4ccccc4F)c(I)c3)C2=O)o1. The van der Waals surface area contributed by atoms with Crippen LogP contribution in [0.5, 0.6) is 5.75 Å². The third-order valence-electron chi connectivity index (χ3n) is 5.10. The molecule has 2 aromatic carbocycles. The van der Waals surface area contributed by atoms with E-state index >= 15 is 0 Å². The number of nitrogens with one attached hydrogen (secondary N) is 2. The molecule has 1 fully saturated rings. The quantitative estimate of drug-likeness (QED) is 0.169. The summed E-state index contributed by atoms with van der Waals surface area (Å²) in [4.78, 5) is 49.7. The number of anilines is 1. The van der Waals surface area contributed by atoms with Gasteiger partial charge in [0.15, 0.2) is 6.61 Å². The van der Waals surface area contributed by atoms with E-state index < -0.39 is 29.6 Å². The van der Waals surface area contributed by atoms with Gasteiger partial charge in [0.1, 0.15) is 23.0 Å². The second kappa shape index (κ2) is 11.2. The molecule has 2 heterocycles. The summed E-state index contributed by atoms with van der Waals surface area (Å²) in [6.45, 7) is -0.503. The van der Waals surface area contributed by atoms with Gasteiger partial charge in [-0.1, -0.05) is 18.2 Å². The van der Waals surface area contributed by atoms with Crippen molar-refractivity contribution >= 4 is 58.2 Å². The molecule has 0 unspecified atom stereocenters. The molecular formula is C25H19FIN3O7. The van der Waals surface area contributed by atoms with E-state index in [0.717, 1.165) is 4.90 Å². The molecule has 3 aromatic rings. The van der Waals surface area contributed by atoms with Crippen molar-refractivity contribution in [1.82, 2.24) is 10.2 Å². The molecule has 10 nitrogen and oxygen atoms in total. The molecule has 4 rings (SSSR count). The summed E-state index contributed by atoms with van der Waals surface area (Å²) in [7, 11) is 1.21. The maximum absolute atomic E-state index is 13.7. The zero-order valence-corrected chi connectivity index (χ0v) is 21.4. The van der Waals surface area contributed by atoms with E-state index in [-0.39, 0.29) is 36.1 Å². The number of methoxy groups -OCH3 is 1. The Hall–Kier alpha value is -4.20. The Morgan fingerprint density at radius 3 is 2.68 bits per heavy atom. The number of furan rings is 1. The predicted molar refractivity (Wildman–Crippen MR) is 137 cm³/mol. The van der Waals surface area contributed by atoms with Crippen molar-refractivity contribution in [2.24, 2.45) is 0 Å². The Labute approximate surface area is 223 Å². The monoisotopic (exact) mass is 619 g/mol. The largest absolute Gasteiger partial charge is 0.483 e. The molecule has 37 heavy (non-hydrogen) atoms. The molecule has 12 heteroatoms. The third kappa shape index (κ3) is 6.14. The molecule has 0 aliphatic carbocycles. The van der Waals surface area contributed by atoms with Crippen LogP contribution in [0, 0.1) is 9.39 Å². The summed E-state index contributed by atoms with van der Waals surface area (Å²) in [5, 5.41) is 4.95. The topological polar surface area (TPSA) is 127 Å². The zero-order chi connectivity index (χ0) is 26.5. The number of rotatable bonds is 8. The number of carbonyl (C=O) groups excluding carboxylic acids is 4. The lowest BCUT2D eigenvalue weighted by atomic mass is 10.2. The fourth-order valence-electron chi connectivity index (χ4n) is 3.33. The van der Waals surface area contributed by atoms with E-state index in [9.17, 15) is 23.6 Å². The van der Waals surface area contributed by atoms with Crippen LogP contribution in [0.15, 0.2) is 64.7 Å². The number of hydrogen-bond donors (Lipinski definition) is 2. The first-order valence-electron chi connectivity index (χ1n) is 10.7. The average Bonchev–Trinajstić information content (AvgIpc) is 3.45. The van der Waals surface area contributed by atoms with Crippen LogP contribution in [-0.4, -0.2) is 42.4 Å². The number of amides is 4. The molecule has 190 valence electrons. The number of esters is 1. The fraction of sp³-hybridized carbons (Fsp3) is 0.120. The standard InChI is InChI=1S/C25H19FIN3O7/c1-35-24(33)21-9-7-15(37-21)12-30-23(32)19(29-25(30)34)11-14-6-8-20(17(27)10-14)36-13-22(31)28-18-5-3-2-4-16(18)26/h2-11H,12-13H2,1H3,(H,28,31)(H,29,34)/b19-11-. The molecule has 1 aliphatic rings. The van der Waals surface area contributed by atoms with Gasteiger partial charge in [0, 0.05) is 0 Å². The van der Waals surface area contributed by atoms with E-state index in [1.54, 1.807) is 24.3 Å². The van der Waals surface area contributed by atoms with Gasteiger partial charge in [0.05, 0.1) is 22.9 Å². The molecule has 0 radical (unpaired) electrons. The highest BCUT2D eigenvalue weighted by atomic mass is 127. The second-order valence-electron chi connectivity index (χ2n) is 7.64. The molecule has 1 saturated heterocycles. The van der Waals surface area contributed by atoms with E-state index in [2.05, 4.69) is 15.4 Å². The number of urea groups is 1. The summed E-state index contributed by atoms with van der Waals surface area (Å²) in [6, 6.07) is 13.0. The van der Waals surface area contributed by atoms with Crippen LogP contribution >= 0.6 is 22.6 Å². The number of hydrogen-bond acceptors (Lipinski definition) is 7. The van der Waals surface area contributed by atoms with Crippen molar-refractivity contribution in [3.8, 4) is 5.75 Å². The minimum atomic E-state index is -0.670. The smallest absolute Gasteiger partial charge is 0.373 e. The third-order valence-corrected chi connectivity index (χ3v) is 5.94. The van der Waals surface area contributed by atoms with Crippen LogP contribution in [0.3, 0.4) is 0 Å². The Morgan fingerprint density at radius 2 is 1.95 bits per heavy atom. The first kappa shape index (κ1) is 25.9. The normalized spacial score (nSPS) is 14.0. The molecular weight excluding hydrogens is 600 g/mol. The molecule has 1 aliphatic heterocycles.